The second-order valence-corrected chi connectivity index (χ2v) is 4.69. The molecule has 0 spiro atoms. The van der Waals surface area contributed by atoms with E-state index in [1.807, 2.05) is 5.38 Å². The van der Waals surface area contributed by atoms with Crippen LogP contribution in [0, 0.1) is 0 Å². The zero-order chi connectivity index (χ0) is 13.4. The molecule has 6 heteroatoms. The van der Waals surface area contributed by atoms with Gasteiger partial charge in [0.1, 0.15) is 0 Å². The van der Waals surface area contributed by atoms with Gasteiger partial charge in [0, 0.05) is 37.5 Å². The number of nitrogens with zero attached hydrogens (tertiary/aromatic N) is 1. The predicted molar refractivity (Wildman–Crippen MR) is 70.6 cm³/mol. The van der Waals surface area contributed by atoms with E-state index in [-0.39, 0.29) is 18.4 Å². The molecule has 0 aliphatic heterocycles. The maximum Gasteiger partial charge on any atom is 0.252 e. The lowest BCUT2D eigenvalue weighted by atomic mass is 10.2. The maximum atomic E-state index is 11.6. The lowest BCUT2D eigenvalue weighted by Crippen LogP contribution is -2.30. The van der Waals surface area contributed by atoms with E-state index in [9.17, 15) is 9.59 Å². The molecule has 5 nitrogen and oxygen atoms in total. The van der Waals surface area contributed by atoms with E-state index in [1.165, 1.54) is 16.2 Å². The Morgan fingerprint density at radius 2 is 2.28 bits per heavy atom. The van der Waals surface area contributed by atoms with Crippen molar-refractivity contribution < 1.29 is 14.7 Å². The first-order valence-corrected chi connectivity index (χ1v) is 6.74. The summed E-state index contributed by atoms with van der Waals surface area (Å²) in [6, 6.07) is 1.76. The number of hydrogen-bond acceptors (Lipinski definition) is 4. The van der Waals surface area contributed by atoms with Gasteiger partial charge in [0.05, 0.1) is 6.61 Å². The molecule has 1 rings (SSSR count). The smallest absolute Gasteiger partial charge is 0.252 e. The average molecular weight is 270 g/mol. The van der Waals surface area contributed by atoms with Crippen molar-refractivity contribution in [2.24, 2.45) is 0 Å². The number of amides is 2. The molecule has 100 valence electrons. The van der Waals surface area contributed by atoms with E-state index in [4.69, 9.17) is 5.11 Å². The number of carbonyl (C=O) groups is 2. The third kappa shape index (κ3) is 4.85. The maximum absolute atomic E-state index is 11.6. The van der Waals surface area contributed by atoms with Gasteiger partial charge in [0.25, 0.3) is 5.91 Å². The topological polar surface area (TPSA) is 69.6 Å². The number of rotatable bonds is 7. The van der Waals surface area contributed by atoms with E-state index in [2.05, 4.69) is 5.32 Å². The molecular formula is C12H18N2O3S. The summed E-state index contributed by atoms with van der Waals surface area (Å²) in [5.74, 6) is -0.124. The Morgan fingerprint density at radius 3 is 2.89 bits per heavy atom. The fraction of sp³-hybridized carbons (Fsp3) is 0.500. The monoisotopic (exact) mass is 270 g/mol. The molecule has 18 heavy (non-hydrogen) atoms. The Labute approximate surface area is 110 Å². The molecule has 1 aromatic rings. The molecule has 0 aliphatic rings. The summed E-state index contributed by atoms with van der Waals surface area (Å²) in [6.45, 7) is 0.796. The van der Waals surface area contributed by atoms with Crippen LogP contribution in [0.1, 0.15) is 23.2 Å². The van der Waals surface area contributed by atoms with Gasteiger partial charge >= 0.3 is 0 Å². The van der Waals surface area contributed by atoms with Crippen LogP contribution in [0.2, 0.25) is 0 Å². The molecule has 0 atom stereocenters. The Morgan fingerprint density at radius 1 is 1.50 bits per heavy atom. The van der Waals surface area contributed by atoms with Gasteiger partial charge in [0.2, 0.25) is 5.91 Å². The summed E-state index contributed by atoms with van der Waals surface area (Å²) in [5, 5.41) is 15.1. The van der Waals surface area contributed by atoms with Gasteiger partial charge in [-0.05, 0) is 17.9 Å². The van der Waals surface area contributed by atoms with E-state index >= 15 is 0 Å². The van der Waals surface area contributed by atoms with Crippen LogP contribution in [0.4, 0.5) is 0 Å². The van der Waals surface area contributed by atoms with Crippen LogP contribution >= 0.6 is 11.3 Å². The molecular weight excluding hydrogens is 252 g/mol. The normalized spacial score (nSPS) is 10.1. The molecule has 0 bridgehead atoms. The van der Waals surface area contributed by atoms with Crippen LogP contribution in [-0.2, 0) is 4.79 Å². The highest BCUT2D eigenvalue weighted by Crippen LogP contribution is 2.05. The summed E-state index contributed by atoms with van der Waals surface area (Å²) in [4.78, 5) is 24.6. The molecule has 2 amide bonds. The third-order valence-electron chi connectivity index (χ3n) is 2.50. The van der Waals surface area contributed by atoms with Crippen molar-refractivity contribution in [2.45, 2.75) is 12.8 Å². The summed E-state index contributed by atoms with van der Waals surface area (Å²) in [7, 11) is 1.66. The largest absolute Gasteiger partial charge is 0.395 e. The molecule has 1 heterocycles. The Balaban J connectivity index is 2.15. The molecule has 0 aliphatic carbocycles. The second-order valence-electron chi connectivity index (χ2n) is 3.91. The zero-order valence-corrected chi connectivity index (χ0v) is 11.2. The highest BCUT2D eigenvalue weighted by Gasteiger charge is 2.08. The van der Waals surface area contributed by atoms with Gasteiger partial charge in [-0.2, -0.15) is 11.3 Å². The average Bonchev–Trinajstić information content (AvgIpc) is 2.88. The number of thiophene rings is 1. The van der Waals surface area contributed by atoms with Crippen molar-refractivity contribution in [3.63, 3.8) is 0 Å². The van der Waals surface area contributed by atoms with Crippen molar-refractivity contribution in [1.82, 2.24) is 10.2 Å². The number of carbonyl (C=O) groups excluding carboxylic acids is 2. The van der Waals surface area contributed by atoms with E-state index in [1.54, 1.807) is 18.5 Å². The second kappa shape index (κ2) is 7.84. The summed E-state index contributed by atoms with van der Waals surface area (Å²) >= 11 is 1.48. The van der Waals surface area contributed by atoms with Gasteiger partial charge in [-0.25, -0.2) is 0 Å². The van der Waals surface area contributed by atoms with Crippen molar-refractivity contribution in [1.29, 1.82) is 0 Å². The number of nitrogens with one attached hydrogen (secondary N) is 1. The highest BCUT2D eigenvalue weighted by molar-refractivity contribution is 7.08. The van der Waals surface area contributed by atoms with Crippen LogP contribution in [0.25, 0.3) is 0 Å². The Bertz CT molecular complexity index is 379. The molecule has 0 radical (unpaired) electrons. The number of hydrogen-bond donors (Lipinski definition) is 2. The molecule has 0 saturated carbocycles. The van der Waals surface area contributed by atoms with Gasteiger partial charge in [0.15, 0.2) is 0 Å². The zero-order valence-electron chi connectivity index (χ0n) is 10.4. The molecule has 0 fully saturated rings. The van der Waals surface area contributed by atoms with Gasteiger partial charge < -0.3 is 15.3 Å². The van der Waals surface area contributed by atoms with Crippen molar-refractivity contribution in [2.75, 3.05) is 26.7 Å². The fourth-order valence-electron chi connectivity index (χ4n) is 1.40. The number of aliphatic hydroxyl groups is 1. The first-order valence-electron chi connectivity index (χ1n) is 5.80. The fourth-order valence-corrected chi connectivity index (χ4v) is 2.04. The van der Waals surface area contributed by atoms with Crippen LogP contribution in [0.5, 0.6) is 0 Å². The molecule has 2 N–H and O–H groups in total. The standard InChI is InChI=1S/C12H18N2O3S/c1-14(6-7-15)11(16)3-2-5-13-12(17)10-4-8-18-9-10/h4,8-9,15H,2-3,5-7H2,1H3,(H,13,17). The minimum Gasteiger partial charge on any atom is -0.395 e. The molecule has 0 unspecified atom stereocenters. The first kappa shape index (κ1) is 14.7. The number of likely N-dealkylation sites (N-methyl/N-ethyl adjacent to an activating group) is 1. The first-order chi connectivity index (χ1) is 8.65. The molecule has 0 aromatic carbocycles. The van der Waals surface area contributed by atoms with Crippen molar-refractivity contribution in [3.05, 3.63) is 22.4 Å². The van der Waals surface area contributed by atoms with Gasteiger partial charge in [-0.1, -0.05) is 0 Å². The molecule has 1 aromatic heterocycles. The summed E-state index contributed by atoms with van der Waals surface area (Å²) in [6.07, 6.45) is 0.977. The van der Waals surface area contributed by atoms with Crippen LogP contribution in [-0.4, -0.2) is 48.6 Å². The Kier molecular flexibility index (Phi) is 6.38. The van der Waals surface area contributed by atoms with Gasteiger partial charge in [-0.15, -0.1) is 0 Å². The highest BCUT2D eigenvalue weighted by atomic mass is 32.1. The molecule has 0 saturated heterocycles. The number of aliphatic hydroxyl groups excluding tert-OH is 1. The lowest BCUT2D eigenvalue weighted by molar-refractivity contribution is -0.130. The van der Waals surface area contributed by atoms with Gasteiger partial charge in [-0.3, -0.25) is 9.59 Å². The minimum atomic E-state index is -0.104. The van der Waals surface area contributed by atoms with Crippen LogP contribution < -0.4 is 5.32 Å². The van der Waals surface area contributed by atoms with E-state index in [0.29, 0.717) is 31.5 Å². The van der Waals surface area contributed by atoms with E-state index < -0.39 is 0 Å². The van der Waals surface area contributed by atoms with Crippen LogP contribution in [0.3, 0.4) is 0 Å². The van der Waals surface area contributed by atoms with E-state index in [0.717, 1.165) is 0 Å². The predicted octanol–water partition coefficient (Wildman–Crippen LogP) is 0.709. The summed E-state index contributed by atoms with van der Waals surface area (Å²) < 4.78 is 0. The lowest BCUT2D eigenvalue weighted by Gasteiger charge is -2.15. The third-order valence-corrected chi connectivity index (χ3v) is 3.18. The summed E-state index contributed by atoms with van der Waals surface area (Å²) in [5.41, 5.74) is 0.656. The minimum absolute atomic E-state index is 0.0196. The Hall–Kier alpha value is -1.40. The quantitative estimate of drug-likeness (QED) is 0.717. The SMILES string of the molecule is CN(CCO)C(=O)CCCNC(=O)c1ccsc1. The van der Waals surface area contributed by atoms with Crippen molar-refractivity contribution in [3.8, 4) is 0 Å². The van der Waals surface area contributed by atoms with Crippen LogP contribution in [0.15, 0.2) is 16.8 Å². The van der Waals surface area contributed by atoms with Crippen molar-refractivity contribution >= 4 is 23.2 Å².